The first-order valence-electron chi connectivity index (χ1n) is 6.80. The molecule has 5 nitrogen and oxygen atoms in total. The molecule has 0 saturated heterocycles. The van der Waals surface area contributed by atoms with Crippen LogP contribution in [0.15, 0.2) is 22.8 Å². The van der Waals surface area contributed by atoms with Crippen molar-refractivity contribution in [3.63, 3.8) is 0 Å². The molecular weight excluding hydrogens is 350 g/mol. The van der Waals surface area contributed by atoms with E-state index in [4.69, 9.17) is 12.2 Å². The van der Waals surface area contributed by atoms with Gasteiger partial charge in [-0.15, -0.1) is 0 Å². The van der Waals surface area contributed by atoms with Crippen molar-refractivity contribution in [2.75, 3.05) is 0 Å². The van der Waals surface area contributed by atoms with Gasteiger partial charge in [0.05, 0.1) is 11.2 Å². The number of nitrogens with one attached hydrogen (secondary N) is 1. The standard InChI is InChI=1S/C14H16BrN5S/c1-9-6-10(2)20(18-9)5-3-4-19-13-12(17-14(19)21)7-11(15)8-16-13/h6-8H,3-5H2,1-2H3,(H,17,21). The molecule has 0 saturated carbocycles. The number of rotatable bonds is 4. The normalized spacial score (nSPS) is 11.4. The van der Waals surface area contributed by atoms with E-state index in [0.717, 1.165) is 40.8 Å². The number of imidazole rings is 1. The molecule has 110 valence electrons. The summed E-state index contributed by atoms with van der Waals surface area (Å²) in [5, 5.41) is 4.48. The molecule has 0 atom stereocenters. The summed E-state index contributed by atoms with van der Waals surface area (Å²) < 4.78 is 5.74. The van der Waals surface area contributed by atoms with E-state index in [-0.39, 0.29) is 0 Å². The highest BCUT2D eigenvalue weighted by molar-refractivity contribution is 9.10. The van der Waals surface area contributed by atoms with Crippen molar-refractivity contribution < 1.29 is 0 Å². The van der Waals surface area contributed by atoms with Gasteiger partial charge in [0.25, 0.3) is 0 Å². The van der Waals surface area contributed by atoms with Crippen LogP contribution in [0.3, 0.4) is 0 Å². The van der Waals surface area contributed by atoms with E-state index in [1.165, 1.54) is 5.69 Å². The van der Waals surface area contributed by atoms with Gasteiger partial charge >= 0.3 is 0 Å². The molecule has 0 aliphatic carbocycles. The number of aryl methyl sites for hydroxylation is 4. The second-order valence-electron chi connectivity index (χ2n) is 5.11. The van der Waals surface area contributed by atoms with Crippen molar-refractivity contribution in [1.29, 1.82) is 0 Å². The molecule has 1 N–H and O–H groups in total. The van der Waals surface area contributed by atoms with Crippen LogP contribution in [0, 0.1) is 18.6 Å². The predicted octanol–water partition coefficient (Wildman–Crippen LogP) is 3.76. The maximum absolute atomic E-state index is 5.39. The van der Waals surface area contributed by atoms with E-state index in [1.807, 2.05) is 22.2 Å². The van der Waals surface area contributed by atoms with Crippen molar-refractivity contribution in [2.24, 2.45) is 0 Å². The molecule has 7 heteroatoms. The first-order valence-corrected chi connectivity index (χ1v) is 8.00. The summed E-state index contributed by atoms with van der Waals surface area (Å²) in [7, 11) is 0. The molecule has 3 aromatic rings. The molecule has 3 aromatic heterocycles. The van der Waals surface area contributed by atoms with Crippen molar-refractivity contribution in [3.8, 4) is 0 Å². The maximum atomic E-state index is 5.39. The minimum absolute atomic E-state index is 0.712. The van der Waals surface area contributed by atoms with Crippen LogP contribution in [-0.2, 0) is 13.1 Å². The fourth-order valence-corrected chi connectivity index (χ4v) is 3.12. The highest BCUT2D eigenvalue weighted by atomic mass is 79.9. The quantitative estimate of drug-likeness (QED) is 0.716. The van der Waals surface area contributed by atoms with Gasteiger partial charge in [-0.25, -0.2) is 4.98 Å². The first kappa shape index (κ1) is 14.5. The number of pyridine rings is 1. The maximum Gasteiger partial charge on any atom is 0.179 e. The second-order valence-corrected chi connectivity index (χ2v) is 6.41. The third kappa shape index (κ3) is 2.94. The molecule has 0 aromatic carbocycles. The van der Waals surface area contributed by atoms with Crippen molar-refractivity contribution in [1.82, 2.24) is 24.3 Å². The predicted molar refractivity (Wildman–Crippen MR) is 88.9 cm³/mol. The van der Waals surface area contributed by atoms with Crippen molar-refractivity contribution in [2.45, 2.75) is 33.4 Å². The molecule has 0 aliphatic rings. The Hall–Kier alpha value is -1.47. The molecule has 3 heterocycles. The lowest BCUT2D eigenvalue weighted by molar-refractivity contribution is 0.518. The Morgan fingerprint density at radius 2 is 2.10 bits per heavy atom. The summed E-state index contributed by atoms with van der Waals surface area (Å²) in [4.78, 5) is 7.64. The summed E-state index contributed by atoms with van der Waals surface area (Å²) in [6, 6.07) is 4.09. The molecule has 3 rings (SSSR count). The van der Waals surface area contributed by atoms with Crippen LogP contribution in [0.2, 0.25) is 0 Å². The summed E-state index contributed by atoms with van der Waals surface area (Å²) in [5.74, 6) is 0. The van der Waals surface area contributed by atoms with Crippen LogP contribution in [0.1, 0.15) is 17.8 Å². The van der Waals surface area contributed by atoms with Gasteiger partial charge in [0, 0.05) is 29.5 Å². The van der Waals surface area contributed by atoms with Gasteiger partial charge in [-0.05, 0) is 60.5 Å². The van der Waals surface area contributed by atoms with Gasteiger partial charge < -0.3 is 9.55 Å². The minimum Gasteiger partial charge on any atom is -0.329 e. The summed E-state index contributed by atoms with van der Waals surface area (Å²) in [6.45, 7) is 5.80. The number of halogens is 1. The highest BCUT2D eigenvalue weighted by Gasteiger charge is 2.07. The van der Waals surface area contributed by atoms with Crippen LogP contribution < -0.4 is 0 Å². The second kappa shape index (κ2) is 5.73. The number of aromatic nitrogens is 5. The SMILES string of the molecule is Cc1cc(C)n(CCCn2c(=S)[nH]c3cc(Br)cnc32)n1. The topological polar surface area (TPSA) is 51.4 Å². The lowest BCUT2D eigenvalue weighted by Crippen LogP contribution is -2.07. The number of aromatic amines is 1. The van der Waals surface area contributed by atoms with Crippen LogP contribution in [0.4, 0.5) is 0 Å². The number of H-pyrrole nitrogens is 1. The fraction of sp³-hybridized carbons (Fsp3) is 0.357. The van der Waals surface area contributed by atoms with E-state index in [1.54, 1.807) is 6.20 Å². The number of hydrogen-bond acceptors (Lipinski definition) is 3. The minimum atomic E-state index is 0.712. The third-order valence-corrected chi connectivity index (χ3v) is 4.19. The summed E-state index contributed by atoms with van der Waals surface area (Å²) in [6.07, 6.45) is 2.75. The van der Waals surface area contributed by atoms with E-state index >= 15 is 0 Å². The first-order chi connectivity index (χ1) is 10.0. The number of hydrogen-bond donors (Lipinski definition) is 1. The Morgan fingerprint density at radius 1 is 1.29 bits per heavy atom. The Kier molecular flexibility index (Phi) is 3.95. The van der Waals surface area contributed by atoms with E-state index in [0.29, 0.717) is 4.77 Å². The van der Waals surface area contributed by atoms with Gasteiger partial charge in [-0.2, -0.15) is 5.10 Å². The zero-order chi connectivity index (χ0) is 15.0. The van der Waals surface area contributed by atoms with E-state index in [2.05, 4.69) is 44.0 Å². The summed E-state index contributed by atoms with van der Waals surface area (Å²) in [5.41, 5.74) is 4.11. The van der Waals surface area contributed by atoms with Crippen LogP contribution >= 0.6 is 28.1 Å². The average Bonchev–Trinajstić information content (AvgIpc) is 2.89. The molecule has 0 amide bonds. The molecular formula is C14H16BrN5S. The molecule has 21 heavy (non-hydrogen) atoms. The lowest BCUT2D eigenvalue weighted by Gasteiger charge is -2.06. The zero-order valence-corrected chi connectivity index (χ0v) is 14.3. The van der Waals surface area contributed by atoms with Gasteiger partial charge in [-0.3, -0.25) is 4.68 Å². The molecule has 0 spiro atoms. The van der Waals surface area contributed by atoms with E-state index < -0.39 is 0 Å². The summed E-state index contributed by atoms with van der Waals surface area (Å²) >= 11 is 8.81. The monoisotopic (exact) mass is 365 g/mol. The van der Waals surface area contributed by atoms with Crippen LogP contribution in [0.25, 0.3) is 11.2 Å². The van der Waals surface area contributed by atoms with Gasteiger partial charge in [0.2, 0.25) is 0 Å². The van der Waals surface area contributed by atoms with Gasteiger partial charge in [0.1, 0.15) is 0 Å². The van der Waals surface area contributed by atoms with Crippen LogP contribution in [0.5, 0.6) is 0 Å². The molecule has 0 fully saturated rings. The molecule has 0 radical (unpaired) electrons. The Bertz CT molecular complexity index is 845. The smallest absolute Gasteiger partial charge is 0.179 e. The Labute approximate surface area is 136 Å². The van der Waals surface area contributed by atoms with Gasteiger partial charge in [-0.1, -0.05) is 0 Å². The number of fused-ring (bicyclic) bond motifs is 1. The Balaban J connectivity index is 1.78. The van der Waals surface area contributed by atoms with Crippen LogP contribution in [-0.4, -0.2) is 24.3 Å². The molecule has 0 aliphatic heterocycles. The zero-order valence-electron chi connectivity index (χ0n) is 11.9. The Morgan fingerprint density at radius 3 is 2.81 bits per heavy atom. The average molecular weight is 366 g/mol. The number of nitrogens with zero attached hydrogens (tertiary/aromatic N) is 4. The largest absolute Gasteiger partial charge is 0.329 e. The fourth-order valence-electron chi connectivity index (χ4n) is 2.51. The van der Waals surface area contributed by atoms with Crippen molar-refractivity contribution in [3.05, 3.63) is 39.0 Å². The third-order valence-electron chi connectivity index (χ3n) is 3.43. The highest BCUT2D eigenvalue weighted by Crippen LogP contribution is 2.17. The lowest BCUT2D eigenvalue weighted by atomic mass is 10.3. The molecule has 0 unspecified atom stereocenters. The molecule has 0 bridgehead atoms. The van der Waals surface area contributed by atoms with Crippen molar-refractivity contribution >= 4 is 39.3 Å². The van der Waals surface area contributed by atoms with Gasteiger partial charge in [0.15, 0.2) is 10.4 Å². The van der Waals surface area contributed by atoms with E-state index in [9.17, 15) is 0 Å².